The number of hydrogen-bond donors (Lipinski definition) is 0. The van der Waals surface area contributed by atoms with Crippen LogP contribution in [0.25, 0.3) is 0 Å². The van der Waals surface area contributed by atoms with Crippen molar-refractivity contribution in [2.24, 2.45) is 0 Å². The SMILES string of the molecule is O=C(CCCC(CO[N+](=O)[O-])O[N+](=O)[O-])O[C@@H]1CO[C@@H]2[C@@H]1OC[C@H]2OC(=O)OCCCl. The summed E-state index contributed by atoms with van der Waals surface area (Å²) in [5.41, 5.74) is 0. The fourth-order valence-electron chi connectivity index (χ4n) is 3.04. The monoisotopic (exact) mass is 472 g/mol. The van der Waals surface area contributed by atoms with Crippen molar-refractivity contribution in [1.82, 2.24) is 0 Å². The maximum atomic E-state index is 12.1. The van der Waals surface area contributed by atoms with Crippen LogP contribution < -0.4 is 0 Å². The number of nitrogens with zero attached hydrogens (tertiary/aromatic N) is 2. The molecular formula is C15H21ClN2O13. The number of ether oxygens (including phenoxy) is 5. The van der Waals surface area contributed by atoms with Crippen LogP contribution in [0, 0.1) is 20.2 Å². The van der Waals surface area contributed by atoms with E-state index in [1.165, 1.54) is 0 Å². The van der Waals surface area contributed by atoms with Gasteiger partial charge in [0.2, 0.25) is 0 Å². The lowest BCUT2D eigenvalue weighted by atomic mass is 10.1. The van der Waals surface area contributed by atoms with Crippen LogP contribution in [0.15, 0.2) is 0 Å². The first kappa shape index (κ1) is 24.6. The summed E-state index contributed by atoms with van der Waals surface area (Å²) in [6.07, 6.45) is -4.91. The van der Waals surface area contributed by atoms with Gasteiger partial charge >= 0.3 is 12.1 Å². The normalized spacial score (nSPS) is 25.2. The van der Waals surface area contributed by atoms with Crippen molar-refractivity contribution >= 4 is 23.7 Å². The Bertz CT molecular complexity index is 650. The molecule has 0 aliphatic carbocycles. The number of esters is 1. The molecule has 16 heteroatoms. The minimum atomic E-state index is -1.21. The van der Waals surface area contributed by atoms with Crippen LogP contribution in [-0.4, -0.2) is 85.1 Å². The standard InChI is InChI=1S/C15H21ClN2O13/c16-4-5-25-15(20)30-11-8-27-13-10(7-26-14(11)13)29-12(19)3-1-2-9(31-18(23)24)6-28-17(21)22/h9-11,13-14H,1-8H2/t9?,10-,11-,13-,14+/m1/s1. The number of fused-ring (bicyclic) bond motifs is 1. The molecule has 0 amide bonds. The lowest BCUT2D eigenvalue weighted by Gasteiger charge is -2.17. The molecule has 2 aliphatic rings. The average Bonchev–Trinajstić information content (AvgIpc) is 3.27. The minimum Gasteiger partial charge on any atom is -0.457 e. The third-order valence-corrected chi connectivity index (χ3v) is 4.45. The Hall–Kier alpha value is -2.65. The van der Waals surface area contributed by atoms with Crippen LogP contribution in [0.2, 0.25) is 0 Å². The van der Waals surface area contributed by atoms with E-state index in [0.29, 0.717) is 0 Å². The minimum absolute atomic E-state index is 0.00508. The summed E-state index contributed by atoms with van der Waals surface area (Å²) in [5.74, 6) is -0.503. The second-order valence-corrected chi connectivity index (χ2v) is 6.81. The number of alkyl halides is 1. The van der Waals surface area contributed by atoms with Crippen molar-refractivity contribution in [3.63, 3.8) is 0 Å². The van der Waals surface area contributed by atoms with Gasteiger partial charge in [-0.2, -0.15) is 0 Å². The Morgan fingerprint density at radius 3 is 2.29 bits per heavy atom. The van der Waals surface area contributed by atoms with E-state index in [1.54, 1.807) is 0 Å². The van der Waals surface area contributed by atoms with Crippen LogP contribution in [0.4, 0.5) is 4.79 Å². The molecular weight excluding hydrogens is 452 g/mol. The first-order valence-corrected chi connectivity index (χ1v) is 9.74. The van der Waals surface area contributed by atoms with E-state index < -0.39 is 59.4 Å². The smallest absolute Gasteiger partial charge is 0.457 e. The number of halogens is 1. The van der Waals surface area contributed by atoms with Crippen LogP contribution in [0.1, 0.15) is 19.3 Å². The van der Waals surface area contributed by atoms with Gasteiger partial charge in [0.1, 0.15) is 31.5 Å². The molecule has 0 aromatic carbocycles. The molecule has 2 fully saturated rings. The van der Waals surface area contributed by atoms with Crippen LogP contribution >= 0.6 is 11.6 Å². The maximum Gasteiger partial charge on any atom is 0.508 e. The van der Waals surface area contributed by atoms with Gasteiger partial charge in [-0.25, -0.2) is 4.79 Å². The van der Waals surface area contributed by atoms with E-state index >= 15 is 0 Å². The van der Waals surface area contributed by atoms with Gasteiger partial charge in [-0.3, -0.25) is 4.79 Å². The van der Waals surface area contributed by atoms with Crippen molar-refractivity contribution in [3.8, 4) is 0 Å². The first-order chi connectivity index (χ1) is 14.8. The zero-order chi connectivity index (χ0) is 22.8. The van der Waals surface area contributed by atoms with Gasteiger partial charge in [-0.15, -0.1) is 31.8 Å². The maximum absolute atomic E-state index is 12.1. The summed E-state index contributed by atoms with van der Waals surface area (Å²) in [6, 6.07) is 0. The molecule has 0 spiro atoms. The van der Waals surface area contributed by atoms with Crippen molar-refractivity contribution in [3.05, 3.63) is 20.2 Å². The number of carbonyl (C=O) groups is 2. The van der Waals surface area contributed by atoms with Crippen LogP contribution in [0.5, 0.6) is 0 Å². The zero-order valence-electron chi connectivity index (χ0n) is 16.1. The molecule has 2 rings (SSSR count). The highest BCUT2D eigenvalue weighted by Crippen LogP contribution is 2.31. The van der Waals surface area contributed by atoms with Gasteiger partial charge < -0.3 is 33.4 Å². The molecule has 2 aliphatic heterocycles. The molecule has 1 unspecified atom stereocenters. The molecule has 0 bridgehead atoms. The molecule has 2 heterocycles. The zero-order valence-corrected chi connectivity index (χ0v) is 16.9. The van der Waals surface area contributed by atoms with Crippen molar-refractivity contribution < 1.29 is 53.1 Å². The highest BCUT2D eigenvalue weighted by Gasteiger charge is 2.51. The molecule has 0 N–H and O–H groups in total. The molecule has 0 aromatic heterocycles. The quantitative estimate of drug-likeness (QED) is 0.155. The molecule has 15 nitrogen and oxygen atoms in total. The Labute approximate surface area is 179 Å². The topological polar surface area (TPSA) is 185 Å². The molecule has 5 atom stereocenters. The summed E-state index contributed by atoms with van der Waals surface area (Å²) >= 11 is 5.42. The number of carbonyl (C=O) groups excluding carboxylic acids is 2. The van der Waals surface area contributed by atoms with Crippen molar-refractivity contribution in [2.75, 3.05) is 32.3 Å². The largest absolute Gasteiger partial charge is 0.508 e. The van der Waals surface area contributed by atoms with E-state index in [0.717, 1.165) is 0 Å². The molecule has 176 valence electrons. The second-order valence-electron chi connectivity index (χ2n) is 6.43. The van der Waals surface area contributed by atoms with Gasteiger partial charge in [0.15, 0.2) is 12.2 Å². The Balaban J connectivity index is 1.72. The molecule has 31 heavy (non-hydrogen) atoms. The fourth-order valence-corrected chi connectivity index (χ4v) is 3.12. The lowest BCUT2D eigenvalue weighted by molar-refractivity contribution is -0.790. The molecule has 0 aromatic rings. The van der Waals surface area contributed by atoms with Crippen molar-refractivity contribution in [1.29, 1.82) is 0 Å². The van der Waals surface area contributed by atoms with E-state index in [2.05, 4.69) is 9.68 Å². The predicted molar refractivity (Wildman–Crippen MR) is 95.0 cm³/mol. The predicted octanol–water partition coefficient (Wildman–Crippen LogP) is 0.412. The van der Waals surface area contributed by atoms with Gasteiger partial charge in [0, 0.05) is 6.42 Å². The van der Waals surface area contributed by atoms with Gasteiger partial charge in [-0.1, -0.05) is 0 Å². The van der Waals surface area contributed by atoms with Crippen LogP contribution in [-0.2, 0) is 38.2 Å². The van der Waals surface area contributed by atoms with Gasteiger partial charge in [-0.05, 0) is 12.8 Å². The van der Waals surface area contributed by atoms with Gasteiger partial charge in [0.05, 0.1) is 19.1 Å². The summed E-state index contributed by atoms with van der Waals surface area (Å²) in [7, 11) is 0. The Morgan fingerprint density at radius 2 is 1.71 bits per heavy atom. The first-order valence-electron chi connectivity index (χ1n) is 9.20. The molecule has 0 radical (unpaired) electrons. The van der Waals surface area contributed by atoms with Crippen molar-refractivity contribution in [2.45, 2.75) is 49.8 Å². The Kier molecular flexibility index (Phi) is 9.74. The lowest BCUT2D eigenvalue weighted by Crippen LogP contribution is -2.36. The van der Waals surface area contributed by atoms with Gasteiger partial charge in [0.25, 0.3) is 10.2 Å². The highest BCUT2D eigenvalue weighted by atomic mass is 35.5. The summed E-state index contributed by atoms with van der Waals surface area (Å²) < 4.78 is 26.2. The number of hydrogen-bond acceptors (Lipinski definition) is 13. The summed E-state index contributed by atoms with van der Waals surface area (Å²) in [6.45, 7) is -0.586. The Morgan fingerprint density at radius 1 is 1.06 bits per heavy atom. The second kappa shape index (κ2) is 12.3. The third-order valence-electron chi connectivity index (χ3n) is 4.30. The fraction of sp³-hybridized carbons (Fsp3) is 0.867. The molecule has 2 saturated heterocycles. The van der Waals surface area contributed by atoms with E-state index in [9.17, 15) is 29.8 Å². The van der Waals surface area contributed by atoms with Crippen LogP contribution in [0.3, 0.4) is 0 Å². The average molecular weight is 473 g/mol. The van der Waals surface area contributed by atoms with E-state index in [-0.39, 0.29) is 45.0 Å². The van der Waals surface area contributed by atoms with E-state index in [4.69, 9.17) is 35.3 Å². The summed E-state index contributed by atoms with van der Waals surface area (Å²) in [5, 5.41) is 18.4. The van der Waals surface area contributed by atoms with E-state index in [1.807, 2.05) is 0 Å². The summed E-state index contributed by atoms with van der Waals surface area (Å²) in [4.78, 5) is 52.6. The third kappa shape index (κ3) is 8.18. The number of rotatable bonds is 13. The highest BCUT2D eigenvalue weighted by molar-refractivity contribution is 6.18. The molecule has 0 saturated carbocycles.